The van der Waals surface area contributed by atoms with Crippen molar-refractivity contribution in [2.45, 2.75) is 19.3 Å². The first kappa shape index (κ1) is 33.4. The largest absolute Gasteiger partial charge is 0.309 e. The number of fused-ring (bicyclic) bond motifs is 13. The number of nitrogens with zero attached hydrogens (tertiary/aromatic N) is 3. The smallest absolute Gasteiger partial charge is 0.0549 e. The van der Waals surface area contributed by atoms with Crippen LogP contribution in [0, 0.1) is 0 Å². The molecule has 0 fully saturated rings. The van der Waals surface area contributed by atoms with Crippen molar-refractivity contribution in [1.82, 2.24) is 13.7 Å². The van der Waals surface area contributed by atoms with Gasteiger partial charge in [0.2, 0.25) is 0 Å². The van der Waals surface area contributed by atoms with Crippen LogP contribution >= 0.6 is 0 Å². The lowest BCUT2D eigenvalue weighted by Crippen LogP contribution is -2.14. The van der Waals surface area contributed by atoms with E-state index in [0.717, 1.165) is 5.69 Å². The van der Waals surface area contributed by atoms with Crippen molar-refractivity contribution in [1.29, 1.82) is 0 Å². The number of para-hydroxylation sites is 5. The molecule has 0 saturated carbocycles. The van der Waals surface area contributed by atoms with E-state index in [1.54, 1.807) is 0 Å². The molecule has 1 aliphatic rings. The Balaban J connectivity index is 1.08. The summed E-state index contributed by atoms with van der Waals surface area (Å²) in [5.74, 6) is 0. The molecule has 1 aliphatic carbocycles. The topological polar surface area (TPSA) is 14.8 Å². The predicted molar refractivity (Wildman–Crippen MR) is 252 cm³/mol. The van der Waals surface area contributed by atoms with Gasteiger partial charge in [0, 0.05) is 54.5 Å². The van der Waals surface area contributed by atoms with Crippen molar-refractivity contribution < 1.29 is 0 Å². The number of benzene rings is 9. The van der Waals surface area contributed by atoms with Crippen LogP contribution in [0.3, 0.4) is 0 Å². The third kappa shape index (κ3) is 4.38. The van der Waals surface area contributed by atoms with E-state index in [1.807, 2.05) is 0 Å². The molecule has 282 valence electrons. The average Bonchev–Trinajstić information content (AvgIpc) is 4.00. The maximum absolute atomic E-state index is 2.53. The van der Waals surface area contributed by atoms with Gasteiger partial charge in [-0.1, -0.05) is 147 Å². The first-order chi connectivity index (χ1) is 29.6. The van der Waals surface area contributed by atoms with Gasteiger partial charge in [-0.05, 0) is 89.0 Å². The minimum atomic E-state index is -0.0850. The Hall–Kier alpha value is -7.62. The van der Waals surface area contributed by atoms with Gasteiger partial charge in [-0.3, -0.25) is 0 Å². The minimum Gasteiger partial charge on any atom is -0.309 e. The Bertz CT molecular complexity index is 3740. The lowest BCUT2D eigenvalue weighted by molar-refractivity contribution is 0.660. The molecular weight excluding hydrogens is 727 g/mol. The lowest BCUT2D eigenvalue weighted by Gasteiger charge is -2.21. The second-order valence-electron chi connectivity index (χ2n) is 16.9. The molecule has 3 nitrogen and oxygen atoms in total. The highest BCUT2D eigenvalue weighted by atomic mass is 15.0. The summed E-state index contributed by atoms with van der Waals surface area (Å²) in [4.78, 5) is 0. The van der Waals surface area contributed by atoms with Crippen LogP contribution < -0.4 is 0 Å². The van der Waals surface area contributed by atoms with Crippen molar-refractivity contribution in [3.05, 3.63) is 211 Å². The summed E-state index contributed by atoms with van der Waals surface area (Å²) in [6.45, 7) is 4.73. The summed E-state index contributed by atoms with van der Waals surface area (Å²) in [6, 6.07) is 74.0. The van der Waals surface area contributed by atoms with E-state index in [9.17, 15) is 0 Å². The molecule has 0 atom stereocenters. The summed E-state index contributed by atoms with van der Waals surface area (Å²) in [7, 11) is 0. The molecule has 12 aromatic rings. The monoisotopic (exact) mass is 765 g/mol. The van der Waals surface area contributed by atoms with Crippen molar-refractivity contribution in [3.63, 3.8) is 0 Å². The number of hydrogen-bond donors (Lipinski definition) is 0. The van der Waals surface area contributed by atoms with E-state index in [4.69, 9.17) is 0 Å². The average molecular weight is 766 g/mol. The molecule has 9 aromatic carbocycles. The quantitative estimate of drug-likeness (QED) is 0.169. The Kier molecular flexibility index (Phi) is 6.78. The maximum atomic E-state index is 2.53. The zero-order chi connectivity index (χ0) is 39.7. The highest BCUT2D eigenvalue weighted by Crippen LogP contribution is 2.52. The molecule has 0 bridgehead atoms. The standard InChI is InChI=1S/C57H39N3/c1-57(2)44-24-11-6-21-40(44)54-45(57)25-16-30-51(54)60-49-29-15-10-23-42(49)56-53(60)34-33-52-55(56)41-22-9-14-28-48(41)59(52)46-26-12-7-19-38(46)36-31-32-50-43(35-36)39-20-8-13-27-47(39)58(50)37-17-4-3-5-18-37/h3-35H,1-2H3. The van der Waals surface area contributed by atoms with Gasteiger partial charge in [0.25, 0.3) is 0 Å². The fraction of sp³-hybridized carbons (Fsp3) is 0.0526. The summed E-state index contributed by atoms with van der Waals surface area (Å²) in [5.41, 5.74) is 18.5. The van der Waals surface area contributed by atoms with Gasteiger partial charge in [-0.25, -0.2) is 0 Å². The van der Waals surface area contributed by atoms with E-state index < -0.39 is 0 Å². The van der Waals surface area contributed by atoms with Crippen molar-refractivity contribution in [2.75, 3.05) is 0 Å². The van der Waals surface area contributed by atoms with Gasteiger partial charge < -0.3 is 13.7 Å². The molecule has 13 rings (SSSR count). The predicted octanol–water partition coefficient (Wildman–Crippen LogP) is 15.0. The molecule has 0 saturated heterocycles. The highest BCUT2D eigenvalue weighted by Gasteiger charge is 2.37. The Morgan fingerprint density at radius 1 is 0.333 bits per heavy atom. The normalized spacial score (nSPS) is 13.3. The Morgan fingerprint density at radius 3 is 1.55 bits per heavy atom. The van der Waals surface area contributed by atoms with Gasteiger partial charge in [0.15, 0.2) is 0 Å². The Morgan fingerprint density at radius 2 is 0.833 bits per heavy atom. The van der Waals surface area contributed by atoms with E-state index in [2.05, 4.69) is 228 Å². The zero-order valence-corrected chi connectivity index (χ0v) is 33.4. The van der Waals surface area contributed by atoms with Gasteiger partial charge in [-0.2, -0.15) is 0 Å². The third-order valence-corrected chi connectivity index (χ3v) is 13.4. The number of rotatable bonds is 4. The fourth-order valence-corrected chi connectivity index (χ4v) is 10.9. The molecule has 0 unspecified atom stereocenters. The first-order valence-electron chi connectivity index (χ1n) is 21.0. The van der Waals surface area contributed by atoms with Gasteiger partial charge in [-0.15, -0.1) is 0 Å². The second-order valence-corrected chi connectivity index (χ2v) is 16.9. The van der Waals surface area contributed by atoms with Gasteiger partial charge in [0.05, 0.1) is 44.5 Å². The van der Waals surface area contributed by atoms with Gasteiger partial charge >= 0.3 is 0 Å². The molecule has 3 heteroatoms. The summed E-state index contributed by atoms with van der Waals surface area (Å²) < 4.78 is 7.42. The zero-order valence-electron chi connectivity index (χ0n) is 33.4. The van der Waals surface area contributed by atoms with Crippen LogP contribution in [-0.2, 0) is 5.41 Å². The van der Waals surface area contributed by atoms with Crippen LogP contribution in [0.25, 0.3) is 105 Å². The summed E-state index contributed by atoms with van der Waals surface area (Å²) in [5, 5.41) is 7.58. The molecule has 3 heterocycles. The number of aromatic nitrogens is 3. The molecule has 0 aliphatic heterocycles. The Labute approximate surface area is 347 Å². The number of hydrogen-bond acceptors (Lipinski definition) is 0. The molecule has 0 N–H and O–H groups in total. The van der Waals surface area contributed by atoms with Crippen LogP contribution in [0.15, 0.2) is 200 Å². The molecule has 0 amide bonds. The summed E-state index contributed by atoms with van der Waals surface area (Å²) >= 11 is 0. The van der Waals surface area contributed by atoms with Crippen LogP contribution in [-0.4, -0.2) is 13.7 Å². The SMILES string of the molecule is CC1(C)c2ccccc2-c2c(-n3c4ccccc4c4c5c6ccccc6n(-c6ccccc6-c6ccc7c(c6)c6ccccc6n7-c6ccccc6)c5ccc43)cccc21. The summed E-state index contributed by atoms with van der Waals surface area (Å²) in [6.07, 6.45) is 0. The van der Waals surface area contributed by atoms with E-state index in [1.165, 1.54) is 110 Å². The second kappa shape index (κ2) is 12.2. The molecular formula is C57H39N3. The van der Waals surface area contributed by atoms with Crippen LogP contribution in [0.2, 0.25) is 0 Å². The molecule has 60 heavy (non-hydrogen) atoms. The molecule has 3 aromatic heterocycles. The molecule has 0 radical (unpaired) electrons. The fourth-order valence-electron chi connectivity index (χ4n) is 10.9. The van der Waals surface area contributed by atoms with Crippen molar-refractivity contribution >= 4 is 65.4 Å². The lowest BCUT2D eigenvalue weighted by atomic mass is 9.82. The van der Waals surface area contributed by atoms with Crippen LogP contribution in [0.5, 0.6) is 0 Å². The van der Waals surface area contributed by atoms with Crippen molar-refractivity contribution in [2.24, 2.45) is 0 Å². The van der Waals surface area contributed by atoms with Crippen LogP contribution in [0.4, 0.5) is 0 Å². The van der Waals surface area contributed by atoms with Gasteiger partial charge in [0.1, 0.15) is 0 Å². The minimum absolute atomic E-state index is 0.0850. The first-order valence-corrected chi connectivity index (χ1v) is 21.0. The van der Waals surface area contributed by atoms with Crippen molar-refractivity contribution in [3.8, 4) is 39.3 Å². The van der Waals surface area contributed by atoms with E-state index in [0.29, 0.717) is 0 Å². The van der Waals surface area contributed by atoms with Crippen LogP contribution in [0.1, 0.15) is 25.0 Å². The van der Waals surface area contributed by atoms with E-state index in [-0.39, 0.29) is 5.41 Å². The molecule has 0 spiro atoms. The maximum Gasteiger partial charge on any atom is 0.0549 e. The third-order valence-electron chi connectivity index (χ3n) is 13.4. The van der Waals surface area contributed by atoms with E-state index >= 15 is 0 Å². The highest BCUT2D eigenvalue weighted by molar-refractivity contribution is 6.29.